The van der Waals surface area contributed by atoms with Crippen molar-refractivity contribution in [2.75, 3.05) is 30.4 Å². The van der Waals surface area contributed by atoms with Crippen molar-refractivity contribution in [1.82, 2.24) is 15.0 Å². The quantitative estimate of drug-likeness (QED) is 0.787. The Morgan fingerprint density at radius 3 is 2.29 bits per heavy atom. The number of aryl methyl sites for hydroxylation is 1. The van der Waals surface area contributed by atoms with Crippen LogP contribution in [0.15, 0.2) is 0 Å². The Balaban J connectivity index is 2.95. The summed E-state index contributed by atoms with van der Waals surface area (Å²) in [5, 5.41) is 3.00. The van der Waals surface area contributed by atoms with Gasteiger partial charge in [0.2, 0.25) is 11.9 Å². The first-order valence-corrected chi connectivity index (χ1v) is 6.42. The van der Waals surface area contributed by atoms with E-state index in [-0.39, 0.29) is 0 Å². The van der Waals surface area contributed by atoms with Crippen LogP contribution < -0.4 is 10.2 Å². The average molecular weight is 237 g/mol. The van der Waals surface area contributed by atoms with Gasteiger partial charge in [-0.3, -0.25) is 0 Å². The van der Waals surface area contributed by atoms with Gasteiger partial charge in [-0.1, -0.05) is 13.3 Å². The molecule has 0 spiro atoms. The summed E-state index contributed by atoms with van der Waals surface area (Å²) in [5.41, 5.74) is 0. The van der Waals surface area contributed by atoms with Crippen molar-refractivity contribution >= 4 is 11.9 Å². The summed E-state index contributed by atoms with van der Waals surface area (Å²) in [6.45, 7) is 8.22. The van der Waals surface area contributed by atoms with Gasteiger partial charge in [-0.15, -0.1) is 0 Å². The largest absolute Gasteiger partial charge is 0.357 e. The molecule has 0 bridgehead atoms. The van der Waals surface area contributed by atoms with Gasteiger partial charge in [0, 0.05) is 26.6 Å². The molecule has 0 fully saturated rings. The Morgan fingerprint density at radius 1 is 1.06 bits per heavy atom. The fourth-order valence-corrected chi connectivity index (χ4v) is 1.61. The monoisotopic (exact) mass is 237 g/mol. The second-order valence-electron chi connectivity index (χ2n) is 3.90. The van der Waals surface area contributed by atoms with Crippen LogP contribution in [0.3, 0.4) is 0 Å². The van der Waals surface area contributed by atoms with Gasteiger partial charge in [0.25, 0.3) is 0 Å². The van der Waals surface area contributed by atoms with Crippen LogP contribution in [0, 0.1) is 0 Å². The van der Waals surface area contributed by atoms with Crippen molar-refractivity contribution in [3.63, 3.8) is 0 Å². The minimum Gasteiger partial charge on any atom is -0.357 e. The standard InChI is InChI=1S/C12H23N5/c1-5-8-9-10-14-11(13-4)16-12(15-10)17(6-2)7-3/h5-9H2,1-4H3,(H,13,14,15,16). The molecule has 1 aromatic rings. The second-order valence-corrected chi connectivity index (χ2v) is 3.90. The van der Waals surface area contributed by atoms with Crippen molar-refractivity contribution in [2.24, 2.45) is 0 Å². The minimum absolute atomic E-state index is 0.660. The molecular weight excluding hydrogens is 214 g/mol. The number of anilines is 2. The first-order chi connectivity index (χ1) is 8.24. The summed E-state index contributed by atoms with van der Waals surface area (Å²) < 4.78 is 0. The number of hydrogen-bond acceptors (Lipinski definition) is 5. The third-order valence-electron chi connectivity index (χ3n) is 2.69. The molecule has 0 aliphatic carbocycles. The SMILES string of the molecule is CCCCc1nc(NC)nc(N(CC)CC)n1. The zero-order valence-corrected chi connectivity index (χ0v) is 11.3. The number of aromatic nitrogens is 3. The molecular formula is C12H23N5. The maximum Gasteiger partial charge on any atom is 0.230 e. The molecule has 0 aliphatic rings. The highest BCUT2D eigenvalue weighted by Gasteiger charge is 2.09. The zero-order chi connectivity index (χ0) is 12.7. The smallest absolute Gasteiger partial charge is 0.230 e. The molecule has 0 radical (unpaired) electrons. The van der Waals surface area contributed by atoms with Crippen LogP contribution in [0.2, 0.25) is 0 Å². The van der Waals surface area contributed by atoms with Gasteiger partial charge in [0.1, 0.15) is 5.82 Å². The Bertz CT molecular complexity index is 336. The molecule has 1 aromatic heterocycles. The number of unbranched alkanes of at least 4 members (excludes halogenated alkanes) is 1. The summed E-state index contributed by atoms with van der Waals surface area (Å²) >= 11 is 0. The molecule has 0 saturated heterocycles. The molecule has 17 heavy (non-hydrogen) atoms. The van der Waals surface area contributed by atoms with E-state index in [0.717, 1.165) is 44.1 Å². The lowest BCUT2D eigenvalue weighted by atomic mass is 10.2. The molecule has 1 N–H and O–H groups in total. The van der Waals surface area contributed by atoms with Crippen molar-refractivity contribution in [3.05, 3.63) is 5.82 Å². The van der Waals surface area contributed by atoms with E-state index in [2.05, 4.69) is 45.9 Å². The van der Waals surface area contributed by atoms with Crippen molar-refractivity contribution in [1.29, 1.82) is 0 Å². The molecule has 1 rings (SSSR count). The highest BCUT2D eigenvalue weighted by Crippen LogP contribution is 2.11. The van der Waals surface area contributed by atoms with Gasteiger partial charge in [-0.2, -0.15) is 15.0 Å². The van der Waals surface area contributed by atoms with E-state index in [1.165, 1.54) is 0 Å². The van der Waals surface area contributed by atoms with Crippen molar-refractivity contribution in [2.45, 2.75) is 40.0 Å². The van der Waals surface area contributed by atoms with Crippen LogP contribution >= 0.6 is 0 Å². The Labute approximate surface area is 104 Å². The fraction of sp³-hybridized carbons (Fsp3) is 0.750. The lowest BCUT2D eigenvalue weighted by molar-refractivity contribution is 0.731. The van der Waals surface area contributed by atoms with E-state index in [1.807, 2.05) is 7.05 Å². The van der Waals surface area contributed by atoms with Crippen LogP contribution in [0.5, 0.6) is 0 Å². The van der Waals surface area contributed by atoms with Gasteiger partial charge in [0.15, 0.2) is 0 Å². The molecule has 0 unspecified atom stereocenters. The number of hydrogen-bond donors (Lipinski definition) is 1. The van der Waals surface area contributed by atoms with Crippen LogP contribution in [-0.4, -0.2) is 35.1 Å². The lowest BCUT2D eigenvalue weighted by Crippen LogP contribution is -2.25. The zero-order valence-electron chi connectivity index (χ0n) is 11.3. The van der Waals surface area contributed by atoms with Crippen LogP contribution in [0.25, 0.3) is 0 Å². The average Bonchev–Trinajstić information content (AvgIpc) is 2.37. The first kappa shape index (κ1) is 13.7. The summed E-state index contributed by atoms with van der Waals surface area (Å²) in [6, 6.07) is 0. The maximum absolute atomic E-state index is 4.52. The summed E-state index contributed by atoms with van der Waals surface area (Å²) in [4.78, 5) is 15.4. The molecule has 1 heterocycles. The predicted molar refractivity (Wildman–Crippen MR) is 71.5 cm³/mol. The molecule has 0 aromatic carbocycles. The van der Waals surface area contributed by atoms with Gasteiger partial charge < -0.3 is 10.2 Å². The Morgan fingerprint density at radius 2 is 1.76 bits per heavy atom. The third-order valence-corrected chi connectivity index (χ3v) is 2.69. The molecule has 5 nitrogen and oxygen atoms in total. The number of rotatable bonds is 7. The van der Waals surface area contributed by atoms with E-state index in [9.17, 15) is 0 Å². The van der Waals surface area contributed by atoms with Crippen molar-refractivity contribution < 1.29 is 0 Å². The van der Waals surface area contributed by atoms with Crippen LogP contribution in [0.1, 0.15) is 39.4 Å². The summed E-state index contributed by atoms with van der Waals surface area (Å²) in [7, 11) is 1.84. The van der Waals surface area contributed by atoms with Crippen molar-refractivity contribution in [3.8, 4) is 0 Å². The van der Waals surface area contributed by atoms with Gasteiger partial charge in [0.05, 0.1) is 0 Å². The summed E-state index contributed by atoms with van der Waals surface area (Å²) in [6.07, 6.45) is 3.19. The van der Waals surface area contributed by atoms with Gasteiger partial charge >= 0.3 is 0 Å². The minimum atomic E-state index is 0.660. The van der Waals surface area contributed by atoms with E-state index in [4.69, 9.17) is 0 Å². The van der Waals surface area contributed by atoms with E-state index in [0.29, 0.717) is 5.95 Å². The predicted octanol–water partition coefficient (Wildman–Crippen LogP) is 2.10. The van der Waals surface area contributed by atoms with Crippen LogP contribution in [0.4, 0.5) is 11.9 Å². The highest BCUT2D eigenvalue weighted by atomic mass is 15.3. The van der Waals surface area contributed by atoms with E-state index < -0.39 is 0 Å². The van der Waals surface area contributed by atoms with Gasteiger partial charge in [-0.25, -0.2) is 0 Å². The third kappa shape index (κ3) is 3.84. The van der Waals surface area contributed by atoms with E-state index in [1.54, 1.807) is 0 Å². The number of nitrogens with one attached hydrogen (secondary N) is 1. The molecule has 0 atom stereocenters. The number of nitrogens with zero attached hydrogens (tertiary/aromatic N) is 4. The Kier molecular flexibility index (Phi) is 5.66. The summed E-state index contributed by atoms with van der Waals surface area (Å²) in [5.74, 6) is 2.32. The van der Waals surface area contributed by atoms with E-state index >= 15 is 0 Å². The molecule has 5 heteroatoms. The molecule has 0 amide bonds. The fourth-order valence-electron chi connectivity index (χ4n) is 1.61. The normalized spacial score (nSPS) is 10.4. The Hall–Kier alpha value is -1.39. The van der Waals surface area contributed by atoms with Gasteiger partial charge in [-0.05, 0) is 20.3 Å². The molecule has 96 valence electrons. The van der Waals surface area contributed by atoms with Crippen LogP contribution in [-0.2, 0) is 6.42 Å². The first-order valence-electron chi connectivity index (χ1n) is 6.42. The molecule has 0 aliphatic heterocycles. The molecule has 0 saturated carbocycles. The topological polar surface area (TPSA) is 53.9 Å². The maximum atomic E-state index is 4.52. The second kappa shape index (κ2) is 7.04. The lowest BCUT2D eigenvalue weighted by Gasteiger charge is -2.19. The highest BCUT2D eigenvalue weighted by molar-refractivity contribution is 5.36.